The molecule has 0 N–H and O–H groups in total. The van der Waals surface area contributed by atoms with E-state index in [-0.39, 0.29) is 0 Å². The lowest BCUT2D eigenvalue weighted by atomic mass is 9.93. The van der Waals surface area contributed by atoms with Gasteiger partial charge in [-0.25, -0.2) is 0 Å². The lowest BCUT2D eigenvalue weighted by molar-refractivity contribution is 0.419. The molecule has 0 radical (unpaired) electrons. The third kappa shape index (κ3) is 4.70. The van der Waals surface area contributed by atoms with E-state index in [0.29, 0.717) is 5.92 Å². The number of aryl methyl sites for hydroxylation is 2. The zero-order valence-corrected chi connectivity index (χ0v) is 10.7. The molecule has 0 aliphatic rings. The summed E-state index contributed by atoms with van der Waals surface area (Å²) in [5.74, 6) is 2.16. The molecular weight excluding hydrogens is 208 g/mol. The van der Waals surface area contributed by atoms with E-state index in [1.54, 1.807) is 0 Å². The third-order valence-corrected chi connectivity index (χ3v) is 3.06. The minimum absolute atomic E-state index is 0.645. The number of hydrogen-bond acceptors (Lipinski definition) is 1. The standard InChI is InChI=1S/C12H21ClN2/c1-10(2)6-11(7-13)4-5-12-8-14-15(3)9-12/h8-11H,4-7H2,1-3H3. The van der Waals surface area contributed by atoms with Gasteiger partial charge in [0.1, 0.15) is 0 Å². The predicted molar refractivity (Wildman–Crippen MR) is 65.2 cm³/mol. The van der Waals surface area contributed by atoms with Gasteiger partial charge >= 0.3 is 0 Å². The Morgan fingerprint density at radius 3 is 2.67 bits per heavy atom. The van der Waals surface area contributed by atoms with Gasteiger partial charge in [0.25, 0.3) is 0 Å². The summed E-state index contributed by atoms with van der Waals surface area (Å²) in [5.41, 5.74) is 1.32. The van der Waals surface area contributed by atoms with Crippen LogP contribution >= 0.6 is 11.6 Å². The average molecular weight is 229 g/mol. The van der Waals surface area contributed by atoms with Gasteiger partial charge in [-0.2, -0.15) is 5.10 Å². The van der Waals surface area contributed by atoms with Gasteiger partial charge in [0.15, 0.2) is 0 Å². The fourth-order valence-corrected chi connectivity index (χ4v) is 2.18. The molecule has 0 bridgehead atoms. The van der Waals surface area contributed by atoms with E-state index in [1.807, 2.05) is 17.9 Å². The minimum Gasteiger partial charge on any atom is -0.276 e. The van der Waals surface area contributed by atoms with Crippen LogP contribution in [-0.2, 0) is 13.5 Å². The van der Waals surface area contributed by atoms with Crippen LogP contribution in [0.3, 0.4) is 0 Å². The molecule has 15 heavy (non-hydrogen) atoms. The highest BCUT2D eigenvalue weighted by molar-refractivity contribution is 6.18. The van der Waals surface area contributed by atoms with E-state index in [9.17, 15) is 0 Å². The molecule has 86 valence electrons. The Hall–Kier alpha value is -0.500. The molecule has 0 saturated carbocycles. The lowest BCUT2D eigenvalue weighted by Gasteiger charge is -2.15. The van der Waals surface area contributed by atoms with Crippen molar-refractivity contribution in [2.75, 3.05) is 5.88 Å². The Morgan fingerprint density at radius 2 is 2.20 bits per heavy atom. The SMILES string of the molecule is CC(C)CC(CCl)CCc1cnn(C)c1. The molecule has 1 rings (SSSR count). The molecule has 0 aliphatic carbocycles. The molecule has 1 heterocycles. The van der Waals surface area contributed by atoms with Gasteiger partial charge in [0, 0.05) is 19.1 Å². The number of hydrogen-bond donors (Lipinski definition) is 0. The van der Waals surface area contributed by atoms with E-state index >= 15 is 0 Å². The van der Waals surface area contributed by atoms with Gasteiger partial charge in [0.05, 0.1) is 6.20 Å². The monoisotopic (exact) mass is 228 g/mol. The first kappa shape index (κ1) is 12.6. The van der Waals surface area contributed by atoms with Crippen molar-refractivity contribution in [3.05, 3.63) is 18.0 Å². The van der Waals surface area contributed by atoms with Crippen molar-refractivity contribution in [3.63, 3.8) is 0 Å². The molecule has 0 saturated heterocycles. The smallest absolute Gasteiger partial charge is 0.0521 e. The second kappa shape index (κ2) is 6.16. The van der Waals surface area contributed by atoms with Gasteiger partial charge in [-0.1, -0.05) is 13.8 Å². The van der Waals surface area contributed by atoms with Crippen molar-refractivity contribution >= 4 is 11.6 Å². The molecule has 0 aliphatic heterocycles. The molecule has 0 spiro atoms. The fraction of sp³-hybridized carbons (Fsp3) is 0.750. The summed E-state index contributed by atoms with van der Waals surface area (Å²) in [7, 11) is 1.96. The summed E-state index contributed by atoms with van der Waals surface area (Å²) in [6.07, 6.45) is 7.52. The van der Waals surface area contributed by atoms with Crippen LogP contribution in [0.15, 0.2) is 12.4 Å². The molecule has 1 aromatic heterocycles. The largest absolute Gasteiger partial charge is 0.276 e. The summed E-state index contributed by atoms with van der Waals surface area (Å²) in [6, 6.07) is 0. The van der Waals surface area contributed by atoms with Crippen LogP contribution < -0.4 is 0 Å². The molecule has 2 nitrogen and oxygen atoms in total. The van der Waals surface area contributed by atoms with Crippen LogP contribution in [0.4, 0.5) is 0 Å². The summed E-state index contributed by atoms with van der Waals surface area (Å²) >= 11 is 5.96. The molecule has 1 atom stereocenters. The first-order chi connectivity index (χ1) is 7.11. The normalized spacial score (nSPS) is 13.4. The maximum atomic E-state index is 5.96. The Kier molecular flexibility index (Phi) is 5.16. The summed E-state index contributed by atoms with van der Waals surface area (Å²) < 4.78 is 1.85. The van der Waals surface area contributed by atoms with Gasteiger partial charge < -0.3 is 0 Å². The molecular formula is C12H21ClN2. The van der Waals surface area contributed by atoms with Crippen molar-refractivity contribution in [3.8, 4) is 0 Å². The maximum Gasteiger partial charge on any atom is 0.0521 e. The van der Waals surface area contributed by atoms with Crippen molar-refractivity contribution in [2.45, 2.75) is 33.1 Å². The Morgan fingerprint density at radius 1 is 1.47 bits per heavy atom. The van der Waals surface area contributed by atoms with E-state index in [4.69, 9.17) is 11.6 Å². The van der Waals surface area contributed by atoms with Crippen LogP contribution in [0.1, 0.15) is 32.3 Å². The van der Waals surface area contributed by atoms with Gasteiger partial charge in [-0.3, -0.25) is 4.68 Å². The Bertz CT molecular complexity index is 281. The van der Waals surface area contributed by atoms with Gasteiger partial charge in [-0.15, -0.1) is 11.6 Å². The number of aromatic nitrogens is 2. The van der Waals surface area contributed by atoms with E-state index in [2.05, 4.69) is 25.1 Å². The summed E-state index contributed by atoms with van der Waals surface area (Å²) in [5, 5.41) is 4.17. The van der Waals surface area contributed by atoms with Crippen molar-refractivity contribution in [1.29, 1.82) is 0 Å². The highest BCUT2D eigenvalue weighted by atomic mass is 35.5. The first-order valence-corrected chi connectivity index (χ1v) is 6.18. The predicted octanol–water partition coefficient (Wildman–Crippen LogP) is 3.25. The zero-order chi connectivity index (χ0) is 11.3. The molecule has 0 aromatic carbocycles. The number of alkyl halides is 1. The molecule has 1 aromatic rings. The second-order valence-corrected chi connectivity index (χ2v) is 5.02. The highest BCUT2D eigenvalue weighted by Gasteiger charge is 2.10. The van der Waals surface area contributed by atoms with E-state index in [1.165, 1.54) is 18.4 Å². The minimum atomic E-state index is 0.645. The maximum absolute atomic E-state index is 5.96. The molecule has 0 amide bonds. The molecule has 3 heteroatoms. The van der Waals surface area contributed by atoms with E-state index < -0.39 is 0 Å². The quantitative estimate of drug-likeness (QED) is 0.684. The van der Waals surface area contributed by atoms with Crippen molar-refractivity contribution < 1.29 is 0 Å². The van der Waals surface area contributed by atoms with Crippen molar-refractivity contribution in [2.24, 2.45) is 18.9 Å². The topological polar surface area (TPSA) is 17.8 Å². The van der Waals surface area contributed by atoms with Gasteiger partial charge in [0.2, 0.25) is 0 Å². The van der Waals surface area contributed by atoms with Crippen LogP contribution in [0.2, 0.25) is 0 Å². The van der Waals surface area contributed by atoms with E-state index in [0.717, 1.165) is 18.2 Å². The summed E-state index contributed by atoms with van der Waals surface area (Å²) in [4.78, 5) is 0. The number of rotatable bonds is 6. The molecule has 1 unspecified atom stereocenters. The third-order valence-electron chi connectivity index (χ3n) is 2.62. The Labute approximate surface area is 97.6 Å². The fourth-order valence-electron chi connectivity index (χ4n) is 1.90. The van der Waals surface area contributed by atoms with Crippen LogP contribution in [-0.4, -0.2) is 15.7 Å². The number of halogens is 1. The van der Waals surface area contributed by atoms with Crippen LogP contribution in [0.5, 0.6) is 0 Å². The van der Waals surface area contributed by atoms with Crippen LogP contribution in [0.25, 0.3) is 0 Å². The Balaban J connectivity index is 2.34. The number of nitrogens with zero attached hydrogens (tertiary/aromatic N) is 2. The van der Waals surface area contributed by atoms with Gasteiger partial charge in [-0.05, 0) is 36.7 Å². The first-order valence-electron chi connectivity index (χ1n) is 5.65. The highest BCUT2D eigenvalue weighted by Crippen LogP contribution is 2.19. The van der Waals surface area contributed by atoms with Crippen LogP contribution in [0, 0.1) is 11.8 Å². The summed E-state index contributed by atoms with van der Waals surface area (Å²) in [6.45, 7) is 4.51. The molecule has 0 fully saturated rings. The van der Waals surface area contributed by atoms with Crippen molar-refractivity contribution in [1.82, 2.24) is 9.78 Å². The lowest BCUT2D eigenvalue weighted by Crippen LogP contribution is -2.07. The second-order valence-electron chi connectivity index (χ2n) is 4.71. The zero-order valence-electron chi connectivity index (χ0n) is 9.91. The average Bonchev–Trinajstić information content (AvgIpc) is 2.58.